The molecule has 2 heterocycles. The number of anilines is 1. The molecule has 1 aromatic heterocycles. The van der Waals surface area contributed by atoms with Gasteiger partial charge in [0.15, 0.2) is 5.96 Å². The van der Waals surface area contributed by atoms with E-state index in [4.69, 9.17) is 4.74 Å². The van der Waals surface area contributed by atoms with Gasteiger partial charge in [-0.1, -0.05) is 12.1 Å². The van der Waals surface area contributed by atoms with Crippen LogP contribution in [0.1, 0.15) is 23.7 Å². The number of alkyl halides is 3. The number of pyridine rings is 1. The molecule has 0 amide bonds. The van der Waals surface area contributed by atoms with Gasteiger partial charge in [-0.3, -0.25) is 4.98 Å². The highest BCUT2D eigenvalue weighted by molar-refractivity contribution is 5.79. The van der Waals surface area contributed by atoms with Gasteiger partial charge in [0.2, 0.25) is 0 Å². The van der Waals surface area contributed by atoms with Crippen molar-refractivity contribution in [2.45, 2.75) is 26.1 Å². The van der Waals surface area contributed by atoms with Gasteiger partial charge in [-0.05, 0) is 36.8 Å². The van der Waals surface area contributed by atoms with Crippen LogP contribution in [0.5, 0.6) is 0 Å². The zero-order valence-corrected chi connectivity index (χ0v) is 17.6. The lowest BCUT2D eigenvalue weighted by Crippen LogP contribution is -2.38. The van der Waals surface area contributed by atoms with Crippen molar-refractivity contribution >= 4 is 11.6 Å². The maximum atomic E-state index is 13.7. The maximum Gasteiger partial charge on any atom is 0.416 e. The van der Waals surface area contributed by atoms with Gasteiger partial charge in [0.1, 0.15) is 0 Å². The van der Waals surface area contributed by atoms with Crippen LogP contribution in [-0.2, 0) is 23.9 Å². The molecule has 2 aromatic rings. The van der Waals surface area contributed by atoms with Crippen LogP contribution in [0.15, 0.2) is 47.6 Å². The quantitative estimate of drug-likeness (QED) is 0.517. The molecule has 6 nitrogen and oxygen atoms in total. The summed E-state index contributed by atoms with van der Waals surface area (Å²) < 4.78 is 46.5. The Morgan fingerprint density at radius 3 is 2.65 bits per heavy atom. The van der Waals surface area contributed by atoms with Crippen molar-refractivity contribution in [1.29, 1.82) is 0 Å². The molecule has 2 N–H and O–H groups in total. The van der Waals surface area contributed by atoms with E-state index in [0.717, 1.165) is 5.69 Å². The zero-order valence-electron chi connectivity index (χ0n) is 17.6. The minimum atomic E-state index is -4.45. The summed E-state index contributed by atoms with van der Waals surface area (Å²) in [4.78, 5) is 10.5. The number of rotatable bonds is 7. The van der Waals surface area contributed by atoms with Crippen LogP contribution in [0.25, 0.3) is 0 Å². The van der Waals surface area contributed by atoms with Gasteiger partial charge >= 0.3 is 6.18 Å². The topological polar surface area (TPSA) is 61.8 Å². The molecule has 0 unspecified atom stereocenters. The third kappa shape index (κ3) is 6.85. The number of aliphatic imine (C=N–C) groups is 1. The first-order valence-corrected chi connectivity index (χ1v) is 10.4. The molecule has 1 aliphatic heterocycles. The van der Waals surface area contributed by atoms with Crippen molar-refractivity contribution in [1.82, 2.24) is 15.6 Å². The average Bonchev–Trinajstić information content (AvgIpc) is 2.78. The van der Waals surface area contributed by atoms with Crippen LogP contribution in [0, 0.1) is 0 Å². The van der Waals surface area contributed by atoms with E-state index in [-0.39, 0.29) is 12.1 Å². The van der Waals surface area contributed by atoms with Crippen molar-refractivity contribution in [3.8, 4) is 0 Å². The normalized spacial score (nSPS) is 15.1. The molecule has 0 saturated carbocycles. The van der Waals surface area contributed by atoms with Crippen molar-refractivity contribution in [3.63, 3.8) is 0 Å². The van der Waals surface area contributed by atoms with Crippen molar-refractivity contribution in [3.05, 3.63) is 59.4 Å². The monoisotopic (exact) mass is 435 g/mol. The molecule has 0 radical (unpaired) electrons. The first-order valence-electron chi connectivity index (χ1n) is 10.4. The number of benzene rings is 1. The Balaban J connectivity index is 1.70. The molecule has 168 valence electrons. The van der Waals surface area contributed by atoms with Gasteiger partial charge in [-0.25, -0.2) is 4.99 Å². The van der Waals surface area contributed by atoms with E-state index >= 15 is 0 Å². The largest absolute Gasteiger partial charge is 0.416 e. The number of nitrogens with zero attached hydrogens (tertiary/aromatic N) is 3. The van der Waals surface area contributed by atoms with E-state index in [9.17, 15) is 13.2 Å². The molecule has 31 heavy (non-hydrogen) atoms. The zero-order chi connectivity index (χ0) is 22.1. The van der Waals surface area contributed by atoms with Gasteiger partial charge in [-0.2, -0.15) is 13.2 Å². The standard InChI is InChI=1S/C22H28F3N5O/c1-2-26-21(28-10-8-18-5-3-4-9-27-18)29-16-17-6-7-19(15-20(17)22(23,24)25)30-11-13-31-14-12-30/h3-7,9,15H,2,8,10-14,16H2,1H3,(H2,26,28,29). The molecule has 0 bridgehead atoms. The molecule has 3 rings (SSSR count). The number of ether oxygens (including phenoxy) is 1. The van der Waals surface area contributed by atoms with Gasteiger partial charge in [0, 0.05) is 50.2 Å². The molecular weight excluding hydrogens is 407 g/mol. The summed E-state index contributed by atoms with van der Waals surface area (Å²) in [5.41, 5.74) is 0.990. The first kappa shape index (κ1) is 22.9. The van der Waals surface area contributed by atoms with Crippen LogP contribution in [-0.4, -0.2) is 50.3 Å². The summed E-state index contributed by atoms with van der Waals surface area (Å²) in [5, 5.41) is 6.23. The molecule has 1 fully saturated rings. The highest BCUT2D eigenvalue weighted by Crippen LogP contribution is 2.35. The molecule has 1 aromatic carbocycles. The Hall–Kier alpha value is -2.81. The summed E-state index contributed by atoms with van der Waals surface area (Å²) in [6.07, 6.45) is -2.03. The van der Waals surface area contributed by atoms with Gasteiger partial charge in [0.05, 0.1) is 25.3 Å². The van der Waals surface area contributed by atoms with Crippen LogP contribution >= 0.6 is 0 Å². The molecule has 1 aliphatic rings. The molecule has 9 heteroatoms. The summed E-state index contributed by atoms with van der Waals surface area (Å²) in [5.74, 6) is 0.476. The van der Waals surface area contributed by atoms with Gasteiger partial charge in [0.25, 0.3) is 0 Å². The Kier molecular flexibility index (Phi) is 8.11. The van der Waals surface area contributed by atoms with Gasteiger partial charge in [-0.15, -0.1) is 0 Å². The van der Waals surface area contributed by atoms with Crippen LogP contribution in [0.3, 0.4) is 0 Å². The molecule has 0 atom stereocenters. The second kappa shape index (κ2) is 11.0. The van der Waals surface area contributed by atoms with Crippen LogP contribution < -0.4 is 15.5 Å². The Bertz CT molecular complexity index is 852. The van der Waals surface area contributed by atoms with Gasteiger partial charge < -0.3 is 20.3 Å². The fourth-order valence-electron chi connectivity index (χ4n) is 3.35. The lowest BCUT2D eigenvalue weighted by Gasteiger charge is -2.29. The minimum Gasteiger partial charge on any atom is -0.378 e. The fraction of sp³-hybridized carbons (Fsp3) is 0.455. The SMILES string of the molecule is CCNC(=NCc1ccc(N2CCOCC2)cc1C(F)(F)F)NCCc1ccccn1. The van der Waals surface area contributed by atoms with E-state index in [2.05, 4.69) is 20.6 Å². The average molecular weight is 435 g/mol. The Labute approximate surface area is 180 Å². The lowest BCUT2D eigenvalue weighted by atomic mass is 10.1. The Morgan fingerprint density at radius 2 is 1.97 bits per heavy atom. The third-order valence-electron chi connectivity index (χ3n) is 4.93. The Morgan fingerprint density at radius 1 is 1.16 bits per heavy atom. The highest BCUT2D eigenvalue weighted by atomic mass is 19.4. The van der Waals surface area contributed by atoms with Crippen molar-refractivity contribution in [2.75, 3.05) is 44.3 Å². The molecular formula is C22H28F3N5O. The minimum absolute atomic E-state index is 0.0723. The molecule has 0 spiro atoms. The summed E-state index contributed by atoms with van der Waals surface area (Å²) in [7, 11) is 0. The number of hydrogen-bond donors (Lipinski definition) is 2. The van der Waals surface area contributed by atoms with Crippen molar-refractivity contribution < 1.29 is 17.9 Å². The number of halogens is 3. The molecule has 1 saturated heterocycles. The van der Waals surface area contributed by atoms with E-state index in [1.54, 1.807) is 12.3 Å². The van der Waals surface area contributed by atoms with Crippen LogP contribution in [0.2, 0.25) is 0 Å². The molecule has 0 aliphatic carbocycles. The summed E-state index contributed by atoms with van der Waals surface area (Å²) in [6, 6.07) is 10.2. The fourth-order valence-corrected chi connectivity index (χ4v) is 3.35. The second-order valence-corrected chi connectivity index (χ2v) is 7.13. The predicted octanol–water partition coefficient (Wildman–Crippen LogP) is 3.23. The number of hydrogen-bond acceptors (Lipinski definition) is 4. The van der Waals surface area contributed by atoms with E-state index < -0.39 is 11.7 Å². The third-order valence-corrected chi connectivity index (χ3v) is 4.93. The lowest BCUT2D eigenvalue weighted by molar-refractivity contribution is -0.138. The number of nitrogens with one attached hydrogen (secondary N) is 2. The number of guanidine groups is 1. The maximum absolute atomic E-state index is 13.7. The van der Waals surface area contributed by atoms with E-state index in [0.29, 0.717) is 57.5 Å². The summed E-state index contributed by atoms with van der Waals surface area (Å²) >= 11 is 0. The number of aromatic nitrogens is 1. The van der Waals surface area contributed by atoms with E-state index in [1.807, 2.05) is 30.0 Å². The number of morpholine rings is 1. The highest BCUT2D eigenvalue weighted by Gasteiger charge is 2.34. The smallest absolute Gasteiger partial charge is 0.378 e. The van der Waals surface area contributed by atoms with E-state index in [1.165, 1.54) is 12.1 Å². The second-order valence-electron chi connectivity index (χ2n) is 7.13. The first-order chi connectivity index (χ1) is 15.0. The summed E-state index contributed by atoms with van der Waals surface area (Å²) in [6.45, 7) is 5.22. The van der Waals surface area contributed by atoms with Crippen LogP contribution in [0.4, 0.5) is 18.9 Å². The predicted molar refractivity (Wildman–Crippen MR) is 115 cm³/mol. The van der Waals surface area contributed by atoms with Crippen molar-refractivity contribution in [2.24, 2.45) is 4.99 Å².